The molecule has 0 aliphatic heterocycles. The monoisotopic (exact) mass is 200 g/mol. The van der Waals surface area contributed by atoms with E-state index in [2.05, 4.69) is 41.5 Å². The number of hydrogen-bond donors (Lipinski definition) is 0. The van der Waals surface area contributed by atoms with Gasteiger partial charge in [-0.1, -0.05) is 67.2 Å². The van der Waals surface area contributed by atoms with E-state index in [1.165, 1.54) is 25.7 Å². The van der Waals surface area contributed by atoms with Gasteiger partial charge in [0.2, 0.25) is 0 Å². The van der Waals surface area contributed by atoms with Gasteiger partial charge in [0.05, 0.1) is 0 Å². The van der Waals surface area contributed by atoms with E-state index in [1.54, 1.807) is 0 Å². The third-order valence-electron chi connectivity index (χ3n) is 2.81. The third kappa shape index (κ3) is 6.31. The minimum atomic E-state index is 0.0452. The van der Waals surface area contributed by atoms with Gasteiger partial charge in [-0.05, 0) is 10.1 Å². The lowest BCUT2D eigenvalue weighted by Gasteiger charge is -2.34. The fourth-order valence-corrected chi connectivity index (χ4v) is 6.48. The highest BCUT2D eigenvalue weighted by atomic mass is 28.2. The lowest BCUT2D eigenvalue weighted by atomic mass is 10.1. The molecule has 0 unspecified atom stereocenters. The van der Waals surface area contributed by atoms with Crippen LogP contribution in [-0.4, -0.2) is 9.52 Å². The van der Waals surface area contributed by atoms with Gasteiger partial charge in [0.15, 0.2) is 0 Å². The lowest BCUT2D eigenvalue weighted by molar-refractivity contribution is 0.528. The number of hydrogen-bond acceptors (Lipinski definition) is 0. The first-order chi connectivity index (χ1) is 5.83. The average molecular weight is 200 g/mol. The van der Waals surface area contributed by atoms with E-state index in [1.807, 2.05) is 0 Å². The predicted molar refractivity (Wildman–Crippen MR) is 66.4 cm³/mol. The minimum Gasteiger partial charge on any atom is -0.0654 e. The standard InChI is InChI=1S/C12H28Si/c1-7-9-11(3,4)13-12(5,6)10-8-2/h7-10,13H2,1-6H3. The second kappa shape index (κ2) is 5.19. The van der Waals surface area contributed by atoms with Crippen molar-refractivity contribution in [3.63, 3.8) is 0 Å². The summed E-state index contributed by atoms with van der Waals surface area (Å²) < 4.78 is 0. The van der Waals surface area contributed by atoms with Crippen molar-refractivity contribution in [2.45, 2.75) is 77.3 Å². The molecule has 0 amide bonds. The summed E-state index contributed by atoms with van der Waals surface area (Å²) in [5.41, 5.74) is 0. The Bertz CT molecular complexity index is 120. The third-order valence-corrected chi connectivity index (χ3v) is 5.43. The molecule has 0 N–H and O–H groups in total. The molecule has 0 aromatic heterocycles. The van der Waals surface area contributed by atoms with Crippen molar-refractivity contribution in [3.8, 4) is 0 Å². The molecule has 0 saturated heterocycles. The van der Waals surface area contributed by atoms with E-state index < -0.39 is 0 Å². The van der Waals surface area contributed by atoms with E-state index in [4.69, 9.17) is 0 Å². The Hall–Kier alpha value is 0.217. The van der Waals surface area contributed by atoms with Crippen LogP contribution in [-0.2, 0) is 0 Å². The molecule has 0 bridgehead atoms. The van der Waals surface area contributed by atoms with Crippen molar-refractivity contribution in [1.82, 2.24) is 0 Å². The van der Waals surface area contributed by atoms with E-state index in [0.717, 1.165) is 0 Å². The number of rotatable bonds is 6. The molecule has 0 rings (SSSR count). The summed E-state index contributed by atoms with van der Waals surface area (Å²) in [7, 11) is 0.0452. The molecule has 0 fully saturated rings. The second-order valence-corrected chi connectivity index (χ2v) is 10.2. The normalized spacial score (nSPS) is 13.4. The summed E-state index contributed by atoms with van der Waals surface area (Å²) in [4.78, 5) is 0. The van der Waals surface area contributed by atoms with Crippen LogP contribution >= 0.6 is 0 Å². The molecule has 0 heterocycles. The first kappa shape index (κ1) is 13.2. The van der Waals surface area contributed by atoms with E-state index in [0.29, 0.717) is 10.1 Å². The molecule has 13 heavy (non-hydrogen) atoms. The molecule has 0 aromatic rings. The summed E-state index contributed by atoms with van der Waals surface area (Å²) in [5, 5.41) is 1.35. The summed E-state index contributed by atoms with van der Waals surface area (Å²) in [6.07, 6.45) is 5.54. The van der Waals surface area contributed by atoms with Crippen molar-refractivity contribution in [3.05, 3.63) is 0 Å². The molecule has 0 aromatic carbocycles. The summed E-state index contributed by atoms with van der Waals surface area (Å²) >= 11 is 0. The van der Waals surface area contributed by atoms with Gasteiger partial charge in [0.1, 0.15) is 0 Å². The molecule has 0 nitrogen and oxygen atoms in total. The predicted octanol–water partition coefficient (Wildman–Crippen LogP) is 4.15. The van der Waals surface area contributed by atoms with Crippen LogP contribution in [0.2, 0.25) is 10.1 Å². The molecular weight excluding hydrogens is 172 g/mol. The second-order valence-electron chi connectivity index (χ2n) is 6.01. The van der Waals surface area contributed by atoms with Crippen LogP contribution in [0.1, 0.15) is 67.2 Å². The first-order valence-electron chi connectivity index (χ1n) is 5.83. The van der Waals surface area contributed by atoms with E-state index >= 15 is 0 Å². The fraction of sp³-hybridized carbons (Fsp3) is 1.00. The van der Waals surface area contributed by atoms with Gasteiger partial charge >= 0.3 is 0 Å². The minimum absolute atomic E-state index is 0.0452. The van der Waals surface area contributed by atoms with E-state index in [9.17, 15) is 0 Å². The highest BCUT2D eigenvalue weighted by Gasteiger charge is 2.27. The molecule has 0 radical (unpaired) electrons. The SMILES string of the molecule is CCCC(C)(C)[SiH2]C(C)(C)CCC. The van der Waals surface area contributed by atoms with Crippen molar-refractivity contribution in [2.24, 2.45) is 0 Å². The molecule has 0 spiro atoms. The van der Waals surface area contributed by atoms with Gasteiger partial charge in [-0.3, -0.25) is 0 Å². The smallest absolute Gasteiger partial charge is 0.0327 e. The summed E-state index contributed by atoms with van der Waals surface area (Å²) in [6.45, 7) is 14.5. The zero-order valence-corrected chi connectivity index (χ0v) is 11.9. The van der Waals surface area contributed by atoms with E-state index in [-0.39, 0.29) is 9.52 Å². The zero-order valence-electron chi connectivity index (χ0n) is 10.5. The summed E-state index contributed by atoms with van der Waals surface area (Å²) in [5.74, 6) is 0. The van der Waals surface area contributed by atoms with Gasteiger partial charge in [-0.2, -0.15) is 0 Å². The molecular formula is C12H28Si. The van der Waals surface area contributed by atoms with Crippen LogP contribution in [0.5, 0.6) is 0 Å². The quantitative estimate of drug-likeness (QED) is 0.565. The molecule has 0 aliphatic carbocycles. The Morgan fingerprint density at radius 3 is 1.31 bits per heavy atom. The van der Waals surface area contributed by atoms with Crippen molar-refractivity contribution < 1.29 is 0 Å². The van der Waals surface area contributed by atoms with Crippen molar-refractivity contribution in [2.75, 3.05) is 0 Å². The van der Waals surface area contributed by atoms with Crippen LogP contribution in [0.4, 0.5) is 0 Å². The van der Waals surface area contributed by atoms with Gasteiger partial charge in [-0.25, -0.2) is 0 Å². The average Bonchev–Trinajstić information content (AvgIpc) is 1.82. The Morgan fingerprint density at radius 1 is 0.769 bits per heavy atom. The Balaban J connectivity index is 4.07. The molecule has 1 heteroatoms. The van der Waals surface area contributed by atoms with Gasteiger partial charge in [0, 0.05) is 9.52 Å². The van der Waals surface area contributed by atoms with Crippen molar-refractivity contribution in [1.29, 1.82) is 0 Å². The summed E-state index contributed by atoms with van der Waals surface area (Å²) in [6, 6.07) is 0. The topological polar surface area (TPSA) is 0 Å². The van der Waals surface area contributed by atoms with Crippen LogP contribution in [0.15, 0.2) is 0 Å². The Kier molecular flexibility index (Phi) is 5.27. The molecule has 0 atom stereocenters. The fourth-order valence-electron chi connectivity index (χ4n) is 2.83. The Labute approximate surface area is 87.3 Å². The van der Waals surface area contributed by atoms with Crippen LogP contribution < -0.4 is 0 Å². The zero-order chi connectivity index (χ0) is 10.5. The van der Waals surface area contributed by atoms with Gasteiger partial charge in [-0.15, -0.1) is 0 Å². The maximum absolute atomic E-state index is 2.47. The van der Waals surface area contributed by atoms with Gasteiger partial charge < -0.3 is 0 Å². The molecule has 0 aliphatic rings. The molecule has 80 valence electrons. The van der Waals surface area contributed by atoms with Gasteiger partial charge in [0.25, 0.3) is 0 Å². The highest BCUT2D eigenvalue weighted by molar-refractivity contribution is 6.43. The lowest BCUT2D eigenvalue weighted by Crippen LogP contribution is -2.24. The maximum atomic E-state index is 2.47. The first-order valence-corrected chi connectivity index (χ1v) is 7.24. The largest absolute Gasteiger partial charge is 0.0654 e. The maximum Gasteiger partial charge on any atom is 0.0327 e. The molecule has 0 saturated carbocycles. The van der Waals surface area contributed by atoms with Crippen LogP contribution in [0.3, 0.4) is 0 Å². The Morgan fingerprint density at radius 2 is 1.08 bits per heavy atom. The van der Waals surface area contributed by atoms with Crippen LogP contribution in [0.25, 0.3) is 0 Å². The highest BCUT2D eigenvalue weighted by Crippen LogP contribution is 2.41. The van der Waals surface area contributed by atoms with Crippen LogP contribution in [0, 0.1) is 0 Å². The van der Waals surface area contributed by atoms with Crippen molar-refractivity contribution >= 4 is 9.52 Å².